The Kier molecular flexibility index (Phi) is 8.34. The van der Waals surface area contributed by atoms with E-state index in [4.69, 9.17) is 16.3 Å². The maximum absolute atomic E-state index is 14.4. The van der Waals surface area contributed by atoms with Crippen molar-refractivity contribution >= 4 is 52.5 Å². The zero-order chi connectivity index (χ0) is 29.5. The topological polar surface area (TPSA) is 108 Å². The van der Waals surface area contributed by atoms with E-state index in [2.05, 4.69) is 10.6 Å². The Hall–Kier alpha value is -2.75. The van der Waals surface area contributed by atoms with Crippen LogP contribution in [-0.4, -0.2) is 62.5 Å². The molecule has 0 saturated carbocycles. The fraction of sp³-hybridized carbons (Fsp3) is 0.516. The lowest BCUT2D eigenvalue weighted by Crippen LogP contribution is -2.55. The number of nitrogens with zero attached hydrogens (tertiary/aromatic N) is 1. The highest BCUT2D eigenvalue weighted by Crippen LogP contribution is 2.71. The number of para-hydroxylation sites is 1. The van der Waals surface area contributed by atoms with E-state index in [1.807, 2.05) is 27.7 Å². The van der Waals surface area contributed by atoms with Gasteiger partial charge in [0.2, 0.25) is 17.7 Å². The minimum atomic E-state index is -0.859. The molecule has 5 rings (SSSR count). The first-order valence-electron chi connectivity index (χ1n) is 14.3. The molecule has 3 amide bonds. The molecule has 2 aromatic carbocycles. The number of nitrogens with one attached hydrogen (secondary N) is 2. The van der Waals surface area contributed by atoms with Crippen LogP contribution < -0.4 is 15.4 Å². The van der Waals surface area contributed by atoms with Crippen molar-refractivity contribution < 1.29 is 24.2 Å². The maximum Gasteiger partial charge on any atom is 0.248 e. The number of likely N-dealkylation sites (tertiary alicyclic amines) is 1. The van der Waals surface area contributed by atoms with Gasteiger partial charge in [0.1, 0.15) is 11.8 Å². The summed E-state index contributed by atoms with van der Waals surface area (Å²) in [6, 6.07) is 12.8. The van der Waals surface area contributed by atoms with Gasteiger partial charge < -0.3 is 25.4 Å². The van der Waals surface area contributed by atoms with Crippen LogP contribution in [0, 0.1) is 17.8 Å². The van der Waals surface area contributed by atoms with E-state index in [0.29, 0.717) is 48.0 Å². The molecule has 2 bridgehead atoms. The predicted octanol–water partition coefficient (Wildman–Crippen LogP) is 5.20. The number of carbonyl (C=O) groups is 3. The summed E-state index contributed by atoms with van der Waals surface area (Å²) in [4.78, 5) is 44.1. The van der Waals surface area contributed by atoms with Gasteiger partial charge >= 0.3 is 0 Å². The van der Waals surface area contributed by atoms with Crippen molar-refractivity contribution in [2.24, 2.45) is 17.8 Å². The summed E-state index contributed by atoms with van der Waals surface area (Å²) in [5.74, 6) is -1.27. The van der Waals surface area contributed by atoms with Crippen LogP contribution in [-0.2, 0) is 14.4 Å². The Morgan fingerprint density at radius 1 is 1.12 bits per heavy atom. The third-order valence-electron chi connectivity index (χ3n) is 8.66. The molecule has 3 heterocycles. The van der Waals surface area contributed by atoms with E-state index in [1.54, 1.807) is 65.2 Å². The number of ether oxygens (including phenoxy) is 1. The first kappa shape index (κ1) is 29.7. The first-order chi connectivity index (χ1) is 19.5. The lowest BCUT2D eigenvalue weighted by Gasteiger charge is -2.37. The van der Waals surface area contributed by atoms with Gasteiger partial charge in [0.05, 0.1) is 46.5 Å². The van der Waals surface area contributed by atoms with Crippen molar-refractivity contribution in [1.82, 2.24) is 4.90 Å². The zero-order valence-corrected chi connectivity index (χ0v) is 25.4. The molecular weight excluding hydrogens is 562 g/mol. The van der Waals surface area contributed by atoms with Crippen LogP contribution in [0.25, 0.3) is 0 Å². The van der Waals surface area contributed by atoms with Crippen LogP contribution in [0.5, 0.6) is 5.75 Å². The monoisotopic (exact) mass is 599 g/mol. The van der Waals surface area contributed by atoms with Gasteiger partial charge in [-0.05, 0) is 75.4 Å². The number of anilines is 2. The van der Waals surface area contributed by atoms with Crippen molar-refractivity contribution in [1.29, 1.82) is 0 Å². The van der Waals surface area contributed by atoms with E-state index >= 15 is 0 Å². The van der Waals surface area contributed by atoms with E-state index in [9.17, 15) is 19.5 Å². The molecule has 3 saturated heterocycles. The highest BCUT2D eigenvalue weighted by atomic mass is 35.5. The van der Waals surface area contributed by atoms with Gasteiger partial charge in [0, 0.05) is 10.4 Å². The molecule has 1 spiro atoms. The number of aliphatic hydroxyl groups is 1. The lowest BCUT2D eigenvalue weighted by atomic mass is 9.66. The summed E-state index contributed by atoms with van der Waals surface area (Å²) in [5.41, 5.74) is 1.08. The summed E-state index contributed by atoms with van der Waals surface area (Å²) in [6.07, 6.45) is 1.85. The van der Waals surface area contributed by atoms with Gasteiger partial charge in [-0.1, -0.05) is 37.6 Å². The number of hydrogen-bond acceptors (Lipinski definition) is 6. The number of rotatable bonds is 10. The Balaban J connectivity index is 1.51. The number of halogens is 1. The van der Waals surface area contributed by atoms with E-state index in [-0.39, 0.29) is 30.2 Å². The molecule has 2 aromatic rings. The lowest BCUT2D eigenvalue weighted by molar-refractivity contribution is -0.142. The quantitative estimate of drug-likeness (QED) is 0.346. The number of hydrogen-bond donors (Lipinski definition) is 3. The minimum absolute atomic E-state index is 0.186. The second-order valence-electron chi connectivity index (χ2n) is 11.9. The first-order valence-corrected chi connectivity index (χ1v) is 15.5. The summed E-state index contributed by atoms with van der Waals surface area (Å²) in [5, 5.41) is 16.8. The highest BCUT2D eigenvalue weighted by molar-refractivity contribution is 8.02. The second kappa shape index (κ2) is 11.5. The third kappa shape index (κ3) is 5.21. The van der Waals surface area contributed by atoms with E-state index < -0.39 is 33.4 Å². The van der Waals surface area contributed by atoms with Crippen molar-refractivity contribution in [2.75, 3.05) is 23.8 Å². The van der Waals surface area contributed by atoms with Gasteiger partial charge in [0.25, 0.3) is 0 Å². The summed E-state index contributed by atoms with van der Waals surface area (Å²) in [6.45, 7) is 8.26. The second-order valence-corrected chi connectivity index (χ2v) is 14.2. The van der Waals surface area contributed by atoms with Gasteiger partial charge in [-0.2, -0.15) is 0 Å². The van der Waals surface area contributed by atoms with Crippen LogP contribution in [0.1, 0.15) is 47.0 Å². The summed E-state index contributed by atoms with van der Waals surface area (Å²) in [7, 11) is 0. The molecule has 41 heavy (non-hydrogen) atoms. The molecular formula is C31H38ClN3O5S. The van der Waals surface area contributed by atoms with Crippen molar-refractivity contribution in [3.05, 3.63) is 53.6 Å². The molecule has 6 atom stereocenters. The molecule has 8 nitrogen and oxygen atoms in total. The summed E-state index contributed by atoms with van der Waals surface area (Å²) < 4.78 is 4.20. The molecule has 220 valence electrons. The Labute approximate surface area is 250 Å². The molecule has 10 heteroatoms. The number of fused-ring (bicyclic) bond motifs is 1. The number of thioether (sulfide) groups is 1. The number of amides is 3. The Morgan fingerprint density at radius 3 is 2.46 bits per heavy atom. The number of carbonyl (C=O) groups excluding carboxylic acids is 3. The van der Waals surface area contributed by atoms with Crippen molar-refractivity contribution in [2.45, 2.75) is 68.5 Å². The standard InChI is InChI=1S/C31H38ClN3O5S/c1-5-40-21-12-10-19(11-13-21)33-27(37)24-25-29(39)35(20(17-36)16-18(2)3)26(31(25)15-14-30(24,4)41-31)28(38)34-23-9-7-6-8-22(23)32/h6-13,18,20,24-26,36H,5,14-17H2,1-4H3,(H,33,37)(H,34,38)/t20-,24-,25+,26?,30+,31?/m1/s1. The molecule has 2 unspecified atom stereocenters. The molecule has 3 N–H and O–H groups in total. The van der Waals surface area contributed by atoms with Crippen LogP contribution >= 0.6 is 23.4 Å². The third-order valence-corrected chi connectivity index (χ3v) is 11.0. The van der Waals surface area contributed by atoms with Gasteiger partial charge in [-0.15, -0.1) is 11.8 Å². The van der Waals surface area contributed by atoms with Crippen LogP contribution in [0.2, 0.25) is 5.02 Å². The number of benzene rings is 2. The highest BCUT2D eigenvalue weighted by Gasteiger charge is 2.77. The fourth-order valence-electron chi connectivity index (χ4n) is 7.06. The van der Waals surface area contributed by atoms with E-state index in [1.165, 1.54) is 0 Å². The normalized spacial score (nSPS) is 29.0. The smallest absolute Gasteiger partial charge is 0.248 e. The minimum Gasteiger partial charge on any atom is -0.494 e. The fourth-order valence-corrected chi connectivity index (χ4v) is 9.59. The zero-order valence-electron chi connectivity index (χ0n) is 23.9. The van der Waals surface area contributed by atoms with Crippen LogP contribution in [0.4, 0.5) is 11.4 Å². The van der Waals surface area contributed by atoms with Crippen LogP contribution in [0.3, 0.4) is 0 Å². The van der Waals surface area contributed by atoms with Crippen LogP contribution in [0.15, 0.2) is 48.5 Å². The summed E-state index contributed by atoms with van der Waals surface area (Å²) >= 11 is 7.97. The predicted molar refractivity (Wildman–Crippen MR) is 162 cm³/mol. The van der Waals surface area contributed by atoms with E-state index in [0.717, 1.165) is 0 Å². The van der Waals surface area contributed by atoms with Gasteiger partial charge in [-0.25, -0.2) is 0 Å². The largest absolute Gasteiger partial charge is 0.494 e. The molecule has 3 aliphatic rings. The SMILES string of the molecule is CCOc1ccc(NC(=O)[C@H]2[C@H]3C(=O)N([C@@H](CO)CC(C)C)C(C(=O)Nc4ccccc4Cl)C34CC[C@]2(C)S4)cc1. The Bertz CT molecular complexity index is 1320. The number of aliphatic hydroxyl groups excluding tert-OH is 1. The molecule has 3 aliphatic heterocycles. The average molecular weight is 600 g/mol. The van der Waals surface area contributed by atoms with Gasteiger partial charge in [0.15, 0.2) is 0 Å². The maximum atomic E-state index is 14.4. The molecule has 0 radical (unpaired) electrons. The Morgan fingerprint density at radius 2 is 1.83 bits per heavy atom. The van der Waals surface area contributed by atoms with Crippen molar-refractivity contribution in [3.63, 3.8) is 0 Å². The van der Waals surface area contributed by atoms with Gasteiger partial charge in [-0.3, -0.25) is 14.4 Å². The molecule has 3 fully saturated rings. The van der Waals surface area contributed by atoms with Crippen molar-refractivity contribution in [3.8, 4) is 5.75 Å². The average Bonchev–Trinajstić information content (AvgIpc) is 3.50. The molecule has 0 aliphatic carbocycles. The molecule has 0 aromatic heterocycles.